The average molecular weight is 415 g/mol. The molecular formula is C20H28F3N3O3. The molecule has 29 heavy (non-hydrogen) atoms. The third-order valence-corrected chi connectivity index (χ3v) is 5.08. The van der Waals surface area contributed by atoms with Gasteiger partial charge in [-0.3, -0.25) is 4.79 Å². The number of likely N-dealkylation sites (tertiary alicyclic amines) is 1. The maximum atomic E-state index is 13.2. The number of benzene rings is 1. The van der Waals surface area contributed by atoms with E-state index >= 15 is 0 Å². The molecule has 2 rings (SSSR count). The van der Waals surface area contributed by atoms with E-state index in [2.05, 4.69) is 5.32 Å². The van der Waals surface area contributed by atoms with Gasteiger partial charge in [0.2, 0.25) is 5.91 Å². The lowest BCUT2D eigenvalue weighted by Gasteiger charge is -2.31. The fourth-order valence-corrected chi connectivity index (χ4v) is 3.43. The number of hydrogen-bond donors (Lipinski definition) is 1. The number of anilines is 2. The summed E-state index contributed by atoms with van der Waals surface area (Å²) in [4.78, 5) is 27.9. The van der Waals surface area contributed by atoms with Crippen LogP contribution in [-0.4, -0.2) is 49.7 Å². The van der Waals surface area contributed by atoms with Crippen LogP contribution in [0.5, 0.6) is 0 Å². The van der Waals surface area contributed by atoms with Crippen molar-refractivity contribution < 1.29 is 27.5 Å². The fraction of sp³-hybridized carbons (Fsp3) is 0.600. The number of halogens is 3. The van der Waals surface area contributed by atoms with Gasteiger partial charge in [0.25, 0.3) is 0 Å². The predicted octanol–water partition coefficient (Wildman–Crippen LogP) is 4.36. The molecule has 0 atom stereocenters. The molecule has 0 unspecified atom stereocenters. The van der Waals surface area contributed by atoms with Crippen molar-refractivity contribution in [2.45, 2.75) is 39.8 Å². The van der Waals surface area contributed by atoms with E-state index in [0.717, 1.165) is 12.1 Å². The van der Waals surface area contributed by atoms with E-state index in [-0.39, 0.29) is 24.1 Å². The average Bonchev–Trinajstić information content (AvgIpc) is 2.69. The van der Waals surface area contributed by atoms with Crippen molar-refractivity contribution in [1.29, 1.82) is 0 Å². The number of nitrogens with zero attached hydrogens (tertiary/aromatic N) is 2. The lowest BCUT2D eigenvalue weighted by molar-refractivity contribution is -0.137. The zero-order chi connectivity index (χ0) is 21.6. The number of hydrogen-bond acceptors (Lipinski definition) is 4. The van der Waals surface area contributed by atoms with Crippen molar-refractivity contribution in [3.63, 3.8) is 0 Å². The van der Waals surface area contributed by atoms with Crippen LogP contribution < -0.4 is 10.2 Å². The van der Waals surface area contributed by atoms with Gasteiger partial charge >= 0.3 is 12.3 Å². The van der Waals surface area contributed by atoms with E-state index in [0.29, 0.717) is 44.7 Å². The monoisotopic (exact) mass is 415 g/mol. The number of alkyl halides is 3. The summed E-state index contributed by atoms with van der Waals surface area (Å²) in [6.45, 7) is 7.76. The zero-order valence-corrected chi connectivity index (χ0v) is 17.0. The highest BCUT2D eigenvalue weighted by Crippen LogP contribution is 2.36. The third-order valence-electron chi connectivity index (χ3n) is 5.08. The zero-order valence-electron chi connectivity index (χ0n) is 17.0. The molecule has 1 N–H and O–H groups in total. The van der Waals surface area contributed by atoms with Gasteiger partial charge in [-0.2, -0.15) is 13.2 Å². The number of carbonyl (C=O) groups excluding carboxylic acids is 2. The maximum Gasteiger partial charge on any atom is 0.416 e. The van der Waals surface area contributed by atoms with Gasteiger partial charge in [-0.1, -0.05) is 0 Å². The molecule has 9 heteroatoms. The van der Waals surface area contributed by atoms with Crippen LogP contribution in [-0.2, 0) is 15.7 Å². The minimum absolute atomic E-state index is 0.154. The van der Waals surface area contributed by atoms with E-state index in [1.54, 1.807) is 11.8 Å². The van der Waals surface area contributed by atoms with E-state index in [9.17, 15) is 22.8 Å². The lowest BCUT2D eigenvalue weighted by atomic mass is 9.96. The standard InChI is InChI=1S/C20H28F3N3O3/c1-4-25(5-2)17-8-7-15(20(21,22)23)13-16(17)24-18(27)14-9-11-26(12-10-14)19(28)29-6-3/h7-8,13-14H,4-6,9-12H2,1-3H3,(H,24,27). The largest absolute Gasteiger partial charge is 0.450 e. The highest BCUT2D eigenvalue weighted by molar-refractivity contribution is 5.96. The second-order valence-corrected chi connectivity index (χ2v) is 6.85. The Labute approximate surface area is 169 Å². The SMILES string of the molecule is CCOC(=O)N1CCC(C(=O)Nc2cc(C(F)(F)F)ccc2N(CC)CC)CC1. The Morgan fingerprint density at radius 2 is 1.79 bits per heavy atom. The molecule has 162 valence electrons. The predicted molar refractivity (Wildman–Crippen MR) is 105 cm³/mol. The van der Waals surface area contributed by atoms with Crippen LogP contribution in [0.2, 0.25) is 0 Å². The van der Waals surface area contributed by atoms with E-state index in [1.165, 1.54) is 6.07 Å². The van der Waals surface area contributed by atoms with E-state index in [4.69, 9.17) is 4.74 Å². The van der Waals surface area contributed by atoms with Gasteiger partial charge in [0.1, 0.15) is 0 Å². The van der Waals surface area contributed by atoms with Crippen LogP contribution in [0.3, 0.4) is 0 Å². The first-order chi connectivity index (χ1) is 13.7. The van der Waals surface area contributed by atoms with Crippen LogP contribution in [0, 0.1) is 5.92 Å². The Balaban J connectivity index is 2.15. The number of ether oxygens (including phenoxy) is 1. The van der Waals surface area contributed by atoms with Gasteiger partial charge in [-0.15, -0.1) is 0 Å². The molecule has 0 spiro atoms. The Bertz CT molecular complexity index is 713. The van der Waals surface area contributed by atoms with Crippen LogP contribution in [0.25, 0.3) is 0 Å². The second-order valence-electron chi connectivity index (χ2n) is 6.85. The number of piperidine rings is 1. The number of nitrogens with one attached hydrogen (secondary N) is 1. The summed E-state index contributed by atoms with van der Waals surface area (Å²) < 4.78 is 44.4. The van der Waals surface area contributed by atoms with Crippen molar-refractivity contribution in [1.82, 2.24) is 4.90 Å². The molecule has 1 fully saturated rings. The van der Waals surface area contributed by atoms with Crippen molar-refractivity contribution >= 4 is 23.4 Å². The summed E-state index contributed by atoms with van der Waals surface area (Å²) in [5, 5.41) is 2.70. The smallest absolute Gasteiger partial charge is 0.416 e. The molecule has 1 aliphatic rings. The Morgan fingerprint density at radius 3 is 2.31 bits per heavy atom. The third kappa shape index (κ3) is 5.77. The van der Waals surface area contributed by atoms with E-state index in [1.807, 2.05) is 18.7 Å². The molecule has 0 aromatic heterocycles. The molecule has 0 radical (unpaired) electrons. The van der Waals surface area contributed by atoms with Crippen molar-refractivity contribution in [3.05, 3.63) is 23.8 Å². The van der Waals surface area contributed by atoms with Crippen molar-refractivity contribution in [3.8, 4) is 0 Å². The lowest BCUT2D eigenvalue weighted by Crippen LogP contribution is -2.41. The number of rotatable bonds is 6. The molecular weight excluding hydrogens is 387 g/mol. The Kier molecular flexibility index (Phi) is 7.75. The first kappa shape index (κ1) is 22.8. The molecule has 0 saturated carbocycles. The molecule has 1 aromatic rings. The Hall–Kier alpha value is -2.45. The first-order valence-electron chi connectivity index (χ1n) is 9.89. The quantitative estimate of drug-likeness (QED) is 0.750. The molecule has 0 aliphatic carbocycles. The highest BCUT2D eigenvalue weighted by Gasteiger charge is 2.33. The van der Waals surface area contributed by atoms with E-state index < -0.39 is 17.8 Å². The van der Waals surface area contributed by atoms with Crippen LogP contribution in [0.15, 0.2) is 18.2 Å². The van der Waals surface area contributed by atoms with Crippen LogP contribution in [0.4, 0.5) is 29.3 Å². The van der Waals surface area contributed by atoms with Gasteiger partial charge in [-0.05, 0) is 51.8 Å². The number of carbonyl (C=O) groups is 2. The summed E-state index contributed by atoms with van der Waals surface area (Å²) in [6.07, 6.45) is -4.03. The van der Waals surface area contributed by atoms with Gasteiger partial charge < -0.3 is 19.9 Å². The van der Waals surface area contributed by atoms with Gasteiger partial charge in [0, 0.05) is 32.1 Å². The second kappa shape index (κ2) is 9.84. The molecule has 2 amide bonds. The molecule has 0 bridgehead atoms. The van der Waals surface area contributed by atoms with Crippen LogP contribution >= 0.6 is 0 Å². The summed E-state index contributed by atoms with van der Waals surface area (Å²) in [5.74, 6) is -0.707. The van der Waals surface area contributed by atoms with Gasteiger partial charge in [-0.25, -0.2) is 4.79 Å². The summed E-state index contributed by atoms with van der Waals surface area (Å²) in [7, 11) is 0. The molecule has 6 nitrogen and oxygen atoms in total. The fourth-order valence-electron chi connectivity index (χ4n) is 3.43. The maximum absolute atomic E-state index is 13.2. The first-order valence-corrected chi connectivity index (χ1v) is 9.89. The normalized spacial score (nSPS) is 15.2. The number of amides is 2. The topological polar surface area (TPSA) is 61.9 Å². The Morgan fingerprint density at radius 1 is 1.17 bits per heavy atom. The highest BCUT2D eigenvalue weighted by atomic mass is 19.4. The molecule has 1 aromatic carbocycles. The summed E-state index contributed by atoms with van der Waals surface area (Å²) in [6, 6.07) is 3.41. The molecule has 1 aliphatic heterocycles. The van der Waals surface area contributed by atoms with Crippen LogP contribution in [0.1, 0.15) is 39.2 Å². The van der Waals surface area contributed by atoms with Crippen molar-refractivity contribution in [2.24, 2.45) is 5.92 Å². The minimum Gasteiger partial charge on any atom is -0.450 e. The van der Waals surface area contributed by atoms with Gasteiger partial charge in [0.05, 0.1) is 23.5 Å². The summed E-state index contributed by atoms with van der Waals surface area (Å²) >= 11 is 0. The van der Waals surface area contributed by atoms with Gasteiger partial charge in [0.15, 0.2) is 0 Å². The molecule has 1 saturated heterocycles. The minimum atomic E-state index is -4.49. The molecule has 1 heterocycles. The van der Waals surface area contributed by atoms with Crippen molar-refractivity contribution in [2.75, 3.05) is 43.0 Å². The summed E-state index contributed by atoms with van der Waals surface area (Å²) in [5.41, 5.74) is -0.0949.